The molecule has 1 fully saturated rings. The third-order valence-electron chi connectivity index (χ3n) is 6.25. The summed E-state index contributed by atoms with van der Waals surface area (Å²) in [6.07, 6.45) is 8.59. The van der Waals surface area contributed by atoms with Gasteiger partial charge in [0, 0.05) is 11.1 Å². The summed E-state index contributed by atoms with van der Waals surface area (Å²) in [5.74, 6) is -4.11. The van der Waals surface area contributed by atoms with Gasteiger partial charge in [-0.1, -0.05) is 44.7 Å². The molecule has 1 nitrogen and oxygen atoms in total. The van der Waals surface area contributed by atoms with E-state index in [1.807, 2.05) is 0 Å². The summed E-state index contributed by atoms with van der Waals surface area (Å²) in [5, 5.41) is 0. The zero-order valence-corrected chi connectivity index (χ0v) is 17.7. The maximum Gasteiger partial charge on any atom is 0.201 e. The van der Waals surface area contributed by atoms with Crippen LogP contribution >= 0.6 is 0 Å². The van der Waals surface area contributed by atoms with Crippen LogP contribution in [0.25, 0.3) is 11.1 Å². The second-order valence-electron chi connectivity index (χ2n) is 8.22. The molecule has 0 saturated heterocycles. The molecule has 0 amide bonds. The number of rotatable bonds is 8. The van der Waals surface area contributed by atoms with Crippen molar-refractivity contribution in [1.29, 1.82) is 0 Å². The molecule has 1 saturated carbocycles. The number of benzene rings is 2. The van der Waals surface area contributed by atoms with Crippen molar-refractivity contribution in [2.45, 2.75) is 71.1 Å². The summed E-state index contributed by atoms with van der Waals surface area (Å²) in [4.78, 5) is 0. The quantitative estimate of drug-likeness (QED) is 0.308. The van der Waals surface area contributed by atoms with Gasteiger partial charge in [0.1, 0.15) is 0 Å². The Morgan fingerprint density at radius 1 is 0.767 bits per heavy atom. The standard InChI is InChI=1S/C25H30F4O/c1-3-5-6-7-16-8-10-17(11-9-16)18-12-13-19(23(27)22(18)26)20-14-15-21(30-4-2)25(29)24(20)28/h12-17H,3-11H2,1-2H3. The summed E-state index contributed by atoms with van der Waals surface area (Å²) >= 11 is 0. The van der Waals surface area contributed by atoms with Crippen molar-refractivity contribution in [3.05, 3.63) is 53.1 Å². The lowest BCUT2D eigenvalue weighted by Crippen LogP contribution is -2.15. The van der Waals surface area contributed by atoms with E-state index in [-0.39, 0.29) is 29.4 Å². The highest BCUT2D eigenvalue weighted by molar-refractivity contribution is 5.66. The average Bonchev–Trinajstić information content (AvgIpc) is 2.75. The van der Waals surface area contributed by atoms with E-state index in [1.165, 1.54) is 49.9 Å². The van der Waals surface area contributed by atoms with E-state index in [1.54, 1.807) is 6.92 Å². The van der Waals surface area contributed by atoms with Crippen molar-refractivity contribution in [2.75, 3.05) is 6.61 Å². The fourth-order valence-electron chi connectivity index (χ4n) is 4.54. The molecule has 0 aliphatic heterocycles. The van der Waals surface area contributed by atoms with Crippen molar-refractivity contribution in [3.63, 3.8) is 0 Å². The molecule has 0 unspecified atom stereocenters. The Kier molecular flexibility index (Phi) is 7.79. The van der Waals surface area contributed by atoms with Crippen molar-refractivity contribution in [1.82, 2.24) is 0 Å². The Balaban J connectivity index is 1.78. The van der Waals surface area contributed by atoms with Crippen molar-refractivity contribution < 1.29 is 22.3 Å². The lowest BCUT2D eigenvalue weighted by atomic mass is 9.76. The molecule has 1 aliphatic carbocycles. The van der Waals surface area contributed by atoms with E-state index in [4.69, 9.17) is 4.74 Å². The fraction of sp³-hybridized carbons (Fsp3) is 0.520. The molecule has 0 aromatic heterocycles. The molecular weight excluding hydrogens is 392 g/mol. The molecule has 0 spiro atoms. The monoisotopic (exact) mass is 422 g/mol. The van der Waals surface area contributed by atoms with Gasteiger partial charge in [0.05, 0.1) is 6.61 Å². The van der Waals surface area contributed by atoms with Gasteiger partial charge in [-0.2, -0.15) is 4.39 Å². The van der Waals surface area contributed by atoms with Crippen LogP contribution in [0.4, 0.5) is 17.6 Å². The normalized spacial score (nSPS) is 19.1. The summed E-state index contributed by atoms with van der Waals surface area (Å²) in [7, 11) is 0. The third-order valence-corrected chi connectivity index (χ3v) is 6.25. The molecule has 0 atom stereocenters. The number of unbranched alkanes of at least 4 members (excludes halogenated alkanes) is 2. The van der Waals surface area contributed by atoms with Gasteiger partial charge in [-0.3, -0.25) is 0 Å². The van der Waals surface area contributed by atoms with Crippen LogP contribution in [0.5, 0.6) is 5.75 Å². The second-order valence-corrected chi connectivity index (χ2v) is 8.22. The fourth-order valence-corrected chi connectivity index (χ4v) is 4.54. The first-order chi connectivity index (χ1) is 14.5. The molecule has 0 bridgehead atoms. The summed E-state index contributed by atoms with van der Waals surface area (Å²) in [6.45, 7) is 4.01. The van der Waals surface area contributed by atoms with Gasteiger partial charge < -0.3 is 4.74 Å². The van der Waals surface area contributed by atoms with Gasteiger partial charge in [-0.05, 0) is 62.1 Å². The minimum absolute atomic E-state index is 0.0297. The highest BCUT2D eigenvalue weighted by Crippen LogP contribution is 2.41. The maximum atomic E-state index is 14.9. The van der Waals surface area contributed by atoms with Crippen molar-refractivity contribution in [2.24, 2.45) is 5.92 Å². The van der Waals surface area contributed by atoms with E-state index in [0.29, 0.717) is 11.5 Å². The molecule has 0 N–H and O–H groups in total. The van der Waals surface area contributed by atoms with Gasteiger partial charge in [-0.25, -0.2) is 13.2 Å². The van der Waals surface area contributed by atoms with Crippen LogP contribution in [0.1, 0.15) is 76.7 Å². The molecule has 30 heavy (non-hydrogen) atoms. The molecule has 1 aliphatic rings. The summed E-state index contributed by atoms with van der Waals surface area (Å²) < 4.78 is 63.4. The van der Waals surface area contributed by atoms with Gasteiger partial charge >= 0.3 is 0 Å². The zero-order chi connectivity index (χ0) is 21.7. The van der Waals surface area contributed by atoms with E-state index >= 15 is 0 Å². The van der Waals surface area contributed by atoms with E-state index in [2.05, 4.69) is 6.92 Å². The van der Waals surface area contributed by atoms with Crippen LogP contribution in [0.2, 0.25) is 0 Å². The Morgan fingerprint density at radius 2 is 1.40 bits per heavy atom. The highest BCUT2D eigenvalue weighted by atomic mass is 19.2. The minimum Gasteiger partial charge on any atom is -0.491 e. The Bertz CT molecular complexity index is 857. The maximum absolute atomic E-state index is 14.9. The summed E-state index contributed by atoms with van der Waals surface area (Å²) in [6, 6.07) is 5.35. The highest BCUT2D eigenvalue weighted by Gasteiger charge is 2.27. The van der Waals surface area contributed by atoms with E-state index in [9.17, 15) is 17.6 Å². The van der Waals surface area contributed by atoms with E-state index in [0.717, 1.165) is 25.7 Å². The SMILES string of the molecule is CCCCCC1CCC(c2ccc(-c3ccc(OCC)c(F)c3F)c(F)c2F)CC1. The van der Waals surface area contributed by atoms with Gasteiger partial charge in [0.2, 0.25) is 5.82 Å². The average molecular weight is 423 g/mol. The topological polar surface area (TPSA) is 9.23 Å². The molecule has 0 heterocycles. The van der Waals surface area contributed by atoms with Crippen LogP contribution < -0.4 is 4.74 Å². The molecule has 3 rings (SSSR count). The molecule has 5 heteroatoms. The third kappa shape index (κ3) is 4.81. The van der Waals surface area contributed by atoms with E-state index < -0.39 is 23.3 Å². The second kappa shape index (κ2) is 10.3. The van der Waals surface area contributed by atoms with Crippen LogP contribution in [-0.2, 0) is 0 Å². The van der Waals surface area contributed by atoms with Gasteiger partial charge in [0.25, 0.3) is 0 Å². The zero-order valence-electron chi connectivity index (χ0n) is 17.7. The smallest absolute Gasteiger partial charge is 0.201 e. The number of ether oxygens (including phenoxy) is 1. The first-order valence-corrected chi connectivity index (χ1v) is 11.1. The number of halogens is 4. The van der Waals surface area contributed by atoms with Crippen LogP contribution in [-0.4, -0.2) is 6.61 Å². The Labute approximate surface area is 176 Å². The predicted molar refractivity (Wildman–Crippen MR) is 112 cm³/mol. The predicted octanol–water partition coefficient (Wildman–Crippen LogP) is 8.16. The molecular formula is C25H30F4O. The number of hydrogen-bond acceptors (Lipinski definition) is 1. The van der Waals surface area contributed by atoms with Gasteiger partial charge in [-0.15, -0.1) is 0 Å². The molecule has 2 aromatic rings. The Morgan fingerprint density at radius 3 is 2.03 bits per heavy atom. The lowest BCUT2D eigenvalue weighted by Gasteiger charge is -2.29. The van der Waals surface area contributed by atoms with Crippen molar-refractivity contribution >= 4 is 0 Å². The first kappa shape index (κ1) is 22.6. The van der Waals surface area contributed by atoms with Gasteiger partial charge in [0.15, 0.2) is 23.2 Å². The van der Waals surface area contributed by atoms with Crippen molar-refractivity contribution in [3.8, 4) is 16.9 Å². The van der Waals surface area contributed by atoms with Crippen LogP contribution in [0, 0.1) is 29.2 Å². The number of hydrogen-bond donors (Lipinski definition) is 0. The lowest BCUT2D eigenvalue weighted by molar-refractivity contribution is 0.298. The molecule has 164 valence electrons. The molecule has 0 radical (unpaired) electrons. The largest absolute Gasteiger partial charge is 0.491 e. The Hall–Kier alpha value is -2.04. The first-order valence-electron chi connectivity index (χ1n) is 11.1. The summed E-state index contributed by atoms with van der Waals surface area (Å²) in [5.41, 5.74) is -0.238. The minimum atomic E-state index is -1.24. The van der Waals surface area contributed by atoms with Crippen LogP contribution in [0.3, 0.4) is 0 Å². The molecule has 2 aromatic carbocycles. The van der Waals surface area contributed by atoms with Crippen LogP contribution in [0.15, 0.2) is 24.3 Å².